The van der Waals surface area contributed by atoms with Crippen molar-refractivity contribution in [3.8, 4) is 29.9 Å². The first-order valence-corrected chi connectivity index (χ1v) is 10.3. The Morgan fingerprint density at radius 3 is 2.43 bits per heavy atom. The zero-order valence-electron chi connectivity index (χ0n) is 17.4. The molecule has 1 aliphatic carbocycles. The molecular formula is C24H28N2O4. The fourth-order valence-corrected chi connectivity index (χ4v) is 5.00. The van der Waals surface area contributed by atoms with Crippen LogP contribution in [0.4, 0.5) is 5.69 Å². The molecule has 1 saturated heterocycles. The number of nitrogens with one attached hydrogen (secondary N) is 1. The van der Waals surface area contributed by atoms with E-state index in [1.807, 2.05) is 31.2 Å². The molecule has 2 fully saturated rings. The van der Waals surface area contributed by atoms with E-state index in [0.717, 1.165) is 42.1 Å². The predicted molar refractivity (Wildman–Crippen MR) is 118 cm³/mol. The summed E-state index contributed by atoms with van der Waals surface area (Å²) in [6.07, 6.45) is 11.1. The van der Waals surface area contributed by atoms with Gasteiger partial charge in [0, 0.05) is 24.3 Å². The van der Waals surface area contributed by atoms with Crippen LogP contribution in [0.5, 0.6) is 5.75 Å². The highest BCUT2D eigenvalue weighted by molar-refractivity contribution is 5.92. The summed E-state index contributed by atoms with van der Waals surface area (Å²) in [5.41, 5.74) is 1.45. The van der Waals surface area contributed by atoms with Crippen molar-refractivity contribution in [1.82, 2.24) is 4.98 Å². The van der Waals surface area contributed by atoms with Crippen molar-refractivity contribution >= 4 is 11.7 Å². The number of anilines is 1. The smallest absolute Gasteiger partial charge is 0.345 e. The number of rotatable bonds is 4. The normalized spacial score (nSPS) is 22.3. The Hall–Kier alpha value is -3.20. The monoisotopic (exact) mass is 408 g/mol. The summed E-state index contributed by atoms with van der Waals surface area (Å²) < 4.78 is 0. The topological polar surface area (TPSA) is 93.6 Å². The molecule has 1 aromatic heterocycles. The second-order valence-corrected chi connectivity index (χ2v) is 8.12. The van der Waals surface area contributed by atoms with Crippen molar-refractivity contribution in [2.75, 3.05) is 18.0 Å². The molecule has 6 heteroatoms. The molecule has 1 saturated carbocycles. The van der Waals surface area contributed by atoms with Crippen molar-refractivity contribution < 1.29 is 15.0 Å². The number of aromatic nitrogens is 1. The van der Waals surface area contributed by atoms with Crippen LogP contribution in [0.25, 0.3) is 11.3 Å². The Morgan fingerprint density at radius 2 is 1.87 bits per heavy atom. The van der Waals surface area contributed by atoms with Gasteiger partial charge >= 0.3 is 5.97 Å². The number of terminal acetylenes is 1. The number of benzene rings is 1. The number of aromatic amines is 1. The number of aromatic carboxylic acids is 1. The first-order valence-electron chi connectivity index (χ1n) is 10.3. The van der Waals surface area contributed by atoms with Crippen molar-refractivity contribution in [1.29, 1.82) is 0 Å². The van der Waals surface area contributed by atoms with Crippen LogP contribution in [0.1, 0.15) is 42.6 Å². The zero-order chi connectivity index (χ0) is 22.0. The SMILES string of the molecule is C#C.CCc1c(-c2ccc(N3CC4[C@H](CC[C@H]4C)C3)cc2)[nH]c(=O)c(C(=O)O)c1O. The lowest BCUT2D eigenvalue weighted by atomic mass is 9.94. The third-order valence-electron chi connectivity index (χ3n) is 6.59. The Labute approximate surface area is 176 Å². The van der Waals surface area contributed by atoms with Gasteiger partial charge in [0.1, 0.15) is 5.75 Å². The predicted octanol–water partition coefficient (Wildman–Crippen LogP) is 3.74. The Bertz CT molecular complexity index is 1010. The lowest BCUT2D eigenvalue weighted by Gasteiger charge is -2.21. The number of fused-ring (bicyclic) bond motifs is 1. The molecule has 30 heavy (non-hydrogen) atoms. The van der Waals surface area contributed by atoms with Crippen LogP contribution in [0.2, 0.25) is 0 Å². The molecule has 0 amide bonds. The molecule has 0 spiro atoms. The van der Waals surface area contributed by atoms with E-state index in [4.69, 9.17) is 0 Å². The fourth-order valence-electron chi connectivity index (χ4n) is 5.00. The number of carboxylic acids is 1. The fraction of sp³-hybridized carbons (Fsp3) is 0.417. The standard InChI is InChI=1S/C22H26N2O4.C2H2/c1-3-16-19(23-21(26)18(20(16)25)22(27)28)13-6-8-15(9-7-13)24-10-14-5-4-12(2)17(14)11-24;1-2/h6-9,12,14,17H,3-5,10-11H2,1-2H3,(H,27,28)(H2,23,25,26);1-2H/t12-,14-,17?;/m1./s1. The van der Waals surface area contributed by atoms with Crippen molar-refractivity contribution in [2.45, 2.75) is 33.1 Å². The number of hydrogen-bond donors (Lipinski definition) is 3. The maximum absolute atomic E-state index is 12.2. The number of H-pyrrole nitrogens is 1. The minimum absolute atomic E-state index is 0.410. The molecule has 158 valence electrons. The third-order valence-corrected chi connectivity index (χ3v) is 6.59. The van der Waals surface area contributed by atoms with E-state index in [1.165, 1.54) is 12.8 Å². The summed E-state index contributed by atoms with van der Waals surface area (Å²) in [4.78, 5) is 28.5. The van der Waals surface area contributed by atoms with Gasteiger partial charge in [-0.3, -0.25) is 4.79 Å². The van der Waals surface area contributed by atoms with Crippen molar-refractivity contribution in [3.63, 3.8) is 0 Å². The van der Waals surface area contributed by atoms with Gasteiger partial charge in [-0.2, -0.15) is 0 Å². The van der Waals surface area contributed by atoms with E-state index in [0.29, 0.717) is 17.7 Å². The zero-order valence-corrected chi connectivity index (χ0v) is 17.4. The minimum Gasteiger partial charge on any atom is -0.506 e. The highest BCUT2D eigenvalue weighted by Gasteiger charge is 2.40. The summed E-state index contributed by atoms with van der Waals surface area (Å²) in [6.45, 7) is 6.37. The van der Waals surface area contributed by atoms with Crippen LogP contribution in [0.15, 0.2) is 29.1 Å². The second kappa shape index (κ2) is 8.66. The summed E-state index contributed by atoms with van der Waals surface area (Å²) in [5, 5.41) is 19.5. The largest absolute Gasteiger partial charge is 0.506 e. The van der Waals surface area contributed by atoms with E-state index in [2.05, 4.69) is 29.7 Å². The van der Waals surface area contributed by atoms with E-state index in [1.54, 1.807) is 0 Å². The van der Waals surface area contributed by atoms with Gasteiger partial charge in [0.05, 0.1) is 5.69 Å². The summed E-state index contributed by atoms with van der Waals surface area (Å²) in [5.74, 6) is 0.493. The van der Waals surface area contributed by atoms with Crippen LogP contribution < -0.4 is 10.5 Å². The maximum Gasteiger partial charge on any atom is 0.345 e. The van der Waals surface area contributed by atoms with E-state index in [-0.39, 0.29) is 0 Å². The number of carbonyl (C=O) groups is 1. The highest BCUT2D eigenvalue weighted by atomic mass is 16.4. The van der Waals surface area contributed by atoms with Gasteiger partial charge in [0.15, 0.2) is 5.56 Å². The summed E-state index contributed by atoms with van der Waals surface area (Å²) in [6, 6.07) is 7.94. The molecule has 2 aromatic rings. The van der Waals surface area contributed by atoms with Gasteiger partial charge < -0.3 is 20.1 Å². The molecule has 3 atom stereocenters. The van der Waals surface area contributed by atoms with Gasteiger partial charge in [-0.05, 0) is 48.3 Å². The molecule has 0 radical (unpaired) electrons. The molecule has 2 aliphatic rings. The van der Waals surface area contributed by atoms with Crippen LogP contribution in [-0.4, -0.2) is 34.3 Å². The lowest BCUT2D eigenvalue weighted by molar-refractivity contribution is 0.0691. The first-order chi connectivity index (χ1) is 14.4. The minimum atomic E-state index is -1.43. The number of carboxylic acid groups (broad SMARTS) is 1. The molecule has 4 rings (SSSR count). The first kappa shape index (κ1) is 21.5. The average Bonchev–Trinajstić information content (AvgIpc) is 3.31. The van der Waals surface area contributed by atoms with Gasteiger partial charge in [0.25, 0.3) is 5.56 Å². The quantitative estimate of drug-likeness (QED) is 0.670. The number of aromatic hydroxyl groups is 1. The number of hydrogen-bond acceptors (Lipinski definition) is 4. The molecule has 1 unspecified atom stereocenters. The van der Waals surface area contributed by atoms with Gasteiger partial charge in [0.2, 0.25) is 0 Å². The summed E-state index contributed by atoms with van der Waals surface area (Å²) >= 11 is 0. The Morgan fingerprint density at radius 1 is 1.20 bits per heavy atom. The molecule has 0 bridgehead atoms. The Kier molecular flexibility index (Phi) is 6.21. The van der Waals surface area contributed by atoms with Gasteiger partial charge in [-0.15, -0.1) is 12.8 Å². The number of nitrogens with zero attached hydrogens (tertiary/aromatic N) is 1. The second-order valence-electron chi connectivity index (χ2n) is 8.12. The van der Waals surface area contributed by atoms with E-state index >= 15 is 0 Å². The lowest BCUT2D eigenvalue weighted by Crippen LogP contribution is -2.22. The highest BCUT2D eigenvalue weighted by Crippen LogP contribution is 2.43. The number of pyridine rings is 1. The Balaban J connectivity index is 0.00000124. The molecule has 1 aliphatic heterocycles. The van der Waals surface area contributed by atoms with Crippen LogP contribution in [-0.2, 0) is 6.42 Å². The molecule has 3 N–H and O–H groups in total. The van der Waals surface area contributed by atoms with Crippen LogP contribution in [0, 0.1) is 30.6 Å². The molecule has 6 nitrogen and oxygen atoms in total. The van der Waals surface area contributed by atoms with Crippen molar-refractivity contribution in [2.24, 2.45) is 17.8 Å². The van der Waals surface area contributed by atoms with Gasteiger partial charge in [-0.25, -0.2) is 4.79 Å². The maximum atomic E-state index is 12.2. The molecule has 1 aromatic carbocycles. The van der Waals surface area contributed by atoms with Crippen LogP contribution in [0.3, 0.4) is 0 Å². The van der Waals surface area contributed by atoms with Gasteiger partial charge in [-0.1, -0.05) is 32.4 Å². The third kappa shape index (κ3) is 3.68. The van der Waals surface area contributed by atoms with E-state index in [9.17, 15) is 19.8 Å². The molecule has 2 heterocycles. The summed E-state index contributed by atoms with van der Waals surface area (Å²) in [7, 11) is 0. The average molecular weight is 408 g/mol. The van der Waals surface area contributed by atoms with E-state index < -0.39 is 22.8 Å². The van der Waals surface area contributed by atoms with Crippen molar-refractivity contribution in [3.05, 3.63) is 45.7 Å². The van der Waals surface area contributed by atoms with Crippen LogP contribution >= 0.6 is 0 Å². The molecular weight excluding hydrogens is 380 g/mol.